The second-order valence-corrected chi connectivity index (χ2v) is 6.39. The molecular weight excluding hydrogens is 242 g/mol. The van der Waals surface area contributed by atoms with Crippen LogP contribution in [0.3, 0.4) is 0 Å². The number of carbonyl (C=O) groups is 1. The van der Waals surface area contributed by atoms with Crippen LogP contribution >= 0.6 is 12.6 Å². The van der Waals surface area contributed by atoms with Crippen molar-refractivity contribution < 1.29 is 4.79 Å². The lowest BCUT2D eigenvalue weighted by atomic mass is 9.85. The summed E-state index contributed by atoms with van der Waals surface area (Å²) in [6, 6.07) is 6.08. The van der Waals surface area contributed by atoms with E-state index in [4.69, 9.17) is 0 Å². The Morgan fingerprint density at radius 3 is 2.33 bits per heavy atom. The molecule has 1 rings (SSSR count). The highest BCUT2D eigenvalue weighted by Gasteiger charge is 2.17. The summed E-state index contributed by atoms with van der Waals surface area (Å²) >= 11 is 3.96. The Labute approximate surface area is 116 Å². The molecule has 100 valence electrons. The van der Waals surface area contributed by atoms with E-state index >= 15 is 0 Å². The van der Waals surface area contributed by atoms with Gasteiger partial charge in [0.05, 0.1) is 0 Å². The van der Waals surface area contributed by atoms with E-state index < -0.39 is 0 Å². The lowest BCUT2D eigenvalue weighted by molar-refractivity contribution is 0.109. The van der Waals surface area contributed by atoms with Gasteiger partial charge in [0, 0.05) is 12.1 Å². The Balaban J connectivity index is 3.12. The second kappa shape index (κ2) is 5.89. The largest absolute Gasteiger partial charge is 0.309 e. The van der Waals surface area contributed by atoms with Crippen LogP contribution in [0.2, 0.25) is 0 Å². The van der Waals surface area contributed by atoms with Gasteiger partial charge in [-0.1, -0.05) is 32.9 Å². The van der Waals surface area contributed by atoms with E-state index in [2.05, 4.69) is 44.4 Å². The summed E-state index contributed by atoms with van der Waals surface area (Å²) in [5.74, 6) is 0. The zero-order valence-corrected chi connectivity index (χ0v) is 12.8. The summed E-state index contributed by atoms with van der Waals surface area (Å²) in [7, 11) is 4.08. The van der Waals surface area contributed by atoms with E-state index in [9.17, 15) is 4.79 Å². The van der Waals surface area contributed by atoms with Crippen molar-refractivity contribution in [3.05, 3.63) is 34.9 Å². The highest BCUT2D eigenvalue weighted by atomic mass is 32.1. The first-order valence-corrected chi connectivity index (χ1v) is 6.68. The molecule has 0 aliphatic heterocycles. The van der Waals surface area contributed by atoms with Crippen molar-refractivity contribution in [2.24, 2.45) is 0 Å². The van der Waals surface area contributed by atoms with Crippen molar-refractivity contribution in [2.75, 3.05) is 20.6 Å². The molecule has 0 atom stereocenters. The van der Waals surface area contributed by atoms with Crippen LogP contribution in [0.25, 0.3) is 0 Å². The van der Waals surface area contributed by atoms with Crippen molar-refractivity contribution in [3.63, 3.8) is 0 Å². The molecular formula is C15H23NOS. The average molecular weight is 265 g/mol. The van der Waals surface area contributed by atoms with Crippen molar-refractivity contribution in [1.29, 1.82) is 0 Å². The number of hydrogen-bond donors (Lipinski definition) is 1. The predicted octanol–water partition coefficient (Wildman–Crippen LogP) is 3.16. The van der Waals surface area contributed by atoms with Gasteiger partial charge in [0.2, 0.25) is 5.12 Å². The van der Waals surface area contributed by atoms with E-state index in [1.807, 2.05) is 26.2 Å². The quantitative estimate of drug-likeness (QED) is 0.844. The lowest BCUT2D eigenvalue weighted by Gasteiger charge is -2.21. The van der Waals surface area contributed by atoms with E-state index in [0.29, 0.717) is 0 Å². The van der Waals surface area contributed by atoms with Crippen LogP contribution in [0.15, 0.2) is 18.2 Å². The zero-order valence-electron chi connectivity index (χ0n) is 11.9. The minimum Gasteiger partial charge on any atom is -0.309 e. The van der Waals surface area contributed by atoms with E-state index in [1.165, 1.54) is 5.56 Å². The molecule has 0 aliphatic carbocycles. The fraction of sp³-hybridized carbons (Fsp3) is 0.533. The standard InChI is InChI=1S/C15H23NOS/c1-15(2,3)12-6-7-13(14(17)18)11(10-12)8-9-16(4)5/h6-7,10H,8-9H2,1-5H3,(H,17,18). The number of thiol groups is 1. The van der Waals surface area contributed by atoms with Crippen molar-refractivity contribution in [1.82, 2.24) is 4.90 Å². The number of hydrogen-bond acceptors (Lipinski definition) is 2. The molecule has 0 aliphatic rings. The fourth-order valence-electron chi connectivity index (χ4n) is 1.82. The van der Waals surface area contributed by atoms with Gasteiger partial charge >= 0.3 is 0 Å². The maximum atomic E-state index is 11.5. The minimum absolute atomic E-state index is 0.102. The average Bonchev–Trinajstić information content (AvgIpc) is 2.24. The Morgan fingerprint density at radius 2 is 1.89 bits per heavy atom. The predicted molar refractivity (Wildman–Crippen MR) is 80.7 cm³/mol. The number of rotatable bonds is 4. The molecule has 0 bridgehead atoms. The smallest absolute Gasteiger partial charge is 0.216 e. The van der Waals surface area contributed by atoms with Gasteiger partial charge in [-0.15, -0.1) is 12.6 Å². The van der Waals surface area contributed by atoms with Crippen LogP contribution < -0.4 is 0 Å². The first kappa shape index (κ1) is 15.3. The van der Waals surface area contributed by atoms with Crippen molar-refractivity contribution >= 4 is 17.7 Å². The van der Waals surface area contributed by atoms with E-state index in [0.717, 1.165) is 24.1 Å². The molecule has 2 nitrogen and oxygen atoms in total. The van der Waals surface area contributed by atoms with Gasteiger partial charge in [-0.3, -0.25) is 4.79 Å². The molecule has 0 heterocycles. The summed E-state index contributed by atoms with van der Waals surface area (Å²) in [4.78, 5) is 13.6. The third-order valence-corrected chi connectivity index (χ3v) is 3.27. The Bertz CT molecular complexity index is 433. The first-order chi connectivity index (χ1) is 8.21. The summed E-state index contributed by atoms with van der Waals surface area (Å²) in [6.07, 6.45) is 0.874. The topological polar surface area (TPSA) is 20.3 Å². The van der Waals surface area contributed by atoms with E-state index in [-0.39, 0.29) is 10.5 Å². The molecule has 1 aromatic carbocycles. The van der Waals surface area contributed by atoms with Gasteiger partial charge in [-0.25, -0.2) is 0 Å². The number of carbonyl (C=O) groups excluding carboxylic acids is 1. The molecule has 0 N–H and O–H groups in total. The fourth-order valence-corrected chi connectivity index (χ4v) is 2.04. The molecule has 0 saturated carbocycles. The molecule has 3 heteroatoms. The number of likely N-dealkylation sites (N-methyl/N-ethyl adjacent to an activating group) is 1. The van der Waals surface area contributed by atoms with Gasteiger partial charge in [-0.2, -0.15) is 0 Å². The summed E-state index contributed by atoms with van der Waals surface area (Å²) in [6.45, 7) is 7.47. The maximum absolute atomic E-state index is 11.5. The minimum atomic E-state index is -0.149. The van der Waals surface area contributed by atoms with Crippen molar-refractivity contribution in [2.45, 2.75) is 32.6 Å². The summed E-state index contributed by atoms with van der Waals surface area (Å²) in [5.41, 5.74) is 3.18. The molecule has 1 aromatic rings. The molecule has 18 heavy (non-hydrogen) atoms. The van der Waals surface area contributed by atoms with Gasteiger partial charge in [0.25, 0.3) is 0 Å². The number of nitrogens with zero attached hydrogens (tertiary/aromatic N) is 1. The SMILES string of the molecule is CN(C)CCc1cc(C(C)(C)C)ccc1C(=O)S. The highest BCUT2D eigenvalue weighted by molar-refractivity contribution is 7.97. The van der Waals surface area contributed by atoms with Crippen LogP contribution in [0.1, 0.15) is 42.3 Å². The van der Waals surface area contributed by atoms with Crippen LogP contribution in [0.4, 0.5) is 0 Å². The third-order valence-electron chi connectivity index (χ3n) is 3.03. The summed E-state index contributed by atoms with van der Waals surface area (Å²) < 4.78 is 0. The normalized spacial score (nSPS) is 11.9. The molecule has 0 fully saturated rings. The Hall–Kier alpha value is -0.800. The zero-order chi connectivity index (χ0) is 13.9. The summed E-state index contributed by atoms with van der Waals surface area (Å²) in [5, 5.41) is -0.149. The van der Waals surface area contributed by atoms with Gasteiger partial charge in [-0.05, 0) is 43.1 Å². The number of benzene rings is 1. The maximum Gasteiger partial charge on any atom is 0.216 e. The van der Waals surface area contributed by atoms with Crippen molar-refractivity contribution in [3.8, 4) is 0 Å². The molecule has 0 aromatic heterocycles. The molecule has 0 spiro atoms. The van der Waals surface area contributed by atoms with Crippen LogP contribution in [-0.2, 0) is 11.8 Å². The lowest BCUT2D eigenvalue weighted by Crippen LogP contribution is -2.17. The molecule has 0 amide bonds. The molecule has 0 radical (unpaired) electrons. The van der Waals surface area contributed by atoms with Crippen LogP contribution in [-0.4, -0.2) is 30.7 Å². The molecule has 0 saturated heterocycles. The third kappa shape index (κ3) is 4.14. The second-order valence-electron chi connectivity index (χ2n) is 5.98. The highest BCUT2D eigenvalue weighted by Crippen LogP contribution is 2.25. The molecule has 0 unspecified atom stereocenters. The Kier molecular flexibility index (Phi) is 5.00. The first-order valence-electron chi connectivity index (χ1n) is 6.23. The van der Waals surface area contributed by atoms with Gasteiger partial charge in [0.15, 0.2) is 0 Å². The Morgan fingerprint density at radius 1 is 1.28 bits per heavy atom. The van der Waals surface area contributed by atoms with Crippen LogP contribution in [0.5, 0.6) is 0 Å². The van der Waals surface area contributed by atoms with Crippen LogP contribution in [0, 0.1) is 0 Å². The van der Waals surface area contributed by atoms with E-state index in [1.54, 1.807) is 0 Å². The van der Waals surface area contributed by atoms with Gasteiger partial charge < -0.3 is 4.90 Å². The van der Waals surface area contributed by atoms with Gasteiger partial charge in [0.1, 0.15) is 0 Å². The monoisotopic (exact) mass is 265 g/mol.